The van der Waals surface area contributed by atoms with Crippen LogP contribution in [0.1, 0.15) is 16.8 Å². The van der Waals surface area contributed by atoms with Crippen LogP contribution in [0, 0.1) is 6.92 Å². The van der Waals surface area contributed by atoms with Crippen LogP contribution in [-0.2, 0) is 44.2 Å². The SMILES string of the molecule is C=C(CCl)C(C(=O)OCc1ccc(OC)cc1)N1C(=O)C(NC(=O)/C(=N\OC)c2csc(NC=O)n2)C1SS(=O)(=O)c1ccc(C)cc1. The minimum atomic E-state index is -4.16. The van der Waals surface area contributed by atoms with Gasteiger partial charge in [-0.05, 0) is 42.3 Å². The molecule has 254 valence electrons. The molecule has 3 unspecified atom stereocenters. The van der Waals surface area contributed by atoms with E-state index < -0.39 is 44.1 Å². The third kappa shape index (κ3) is 8.33. The number of thiazole rings is 1. The Hall–Kier alpha value is -4.45. The summed E-state index contributed by atoms with van der Waals surface area (Å²) in [5, 5.41) is 8.80. The summed E-state index contributed by atoms with van der Waals surface area (Å²) in [7, 11) is -1.11. The van der Waals surface area contributed by atoms with Crippen molar-refractivity contribution in [3.8, 4) is 5.75 Å². The molecule has 2 heterocycles. The molecule has 1 aromatic heterocycles. The molecule has 1 fully saturated rings. The van der Waals surface area contributed by atoms with Gasteiger partial charge in [0.05, 0.1) is 12.0 Å². The first kappa shape index (κ1) is 36.4. The number of β-lactam (4-membered cyclic amide) rings is 1. The normalized spacial score (nSPS) is 16.7. The second kappa shape index (κ2) is 16.1. The molecule has 14 nitrogen and oxygen atoms in total. The van der Waals surface area contributed by atoms with Crippen molar-refractivity contribution in [3.63, 3.8) is 0 Å². The van der Waals surface area contributed by atoms with Crippen LogP contribution in [0.15, 0.2) is 76.1 Å². The van der Waals surface area contributed by atoms with Crippen molar-refractivity contribution in [1.82, 2.24) is 15.2 Å². The van der Waals surface area contributed by atoms with Crippen molar-refractivity contribution in [2.75, 3.05) is 25.4 Å². The van der Waals surface area contributed by atoms with E-state index in [0.717, 1.165) is 21.8 Å². The Balaban J connectivity index is 1.65. The maximum absolute atomic E-state index is 13.8. The number of oxime groups is 1. The van der Waals surface area contributed by atoms with E-state index in [4.69, 9.17) is 25.9 Å². The molecule has 4 rings (SSSR count). The Morgan fingerprint density at radius 1 is 1.19 bits per heavy atom. The molecule has 0 radical (unpaired) electrons. The molecule has 3 aromatic rings. The van der Waals surface area contributed by atoms with Crippen LogP contribution >= 0.6 is 33.7 Å². The second-order valence-corrected chi connectivity index (χ2v) is 15.1. The van der Waals surface area contributed by atoms with E-state index in [1.807, 2.05) is 0 Å². The molecule has 0 saturated carbocycles. The van der Waals surface area contributed by atoms with Gasteiger partial charge in [-0.15, -0.1) is 22.9 Å². The van der Waals surface area contributed by atoms with Crippen molar-refractivity contribution in [2.24, 2.45) is 5.16 Å². The Bertz CT molecular complexity index is 1820. The number of carbonyl (C=O) groups excluding carboxylic acids is 4. The van der Waals surface area contributed by atoms with Crippen LogP contribution in [-0.4, -0.2) is 85.8 Å². The average Bonchev–Trinajstić information content (AvgIpc) is 3.55. The number of nitrogens with one attached hydrogen (secondary N) is 2. The van der Waals surface area contributed by atoms with Gasteiger partial charge >= 0.3 is 5.97 Å². The molecule has 2 aromatic carbocycles. The highest BCUT2D eigenvalue weighted by Crippen LogP contribution is 2.40. The number of benzene rings is 2. The van der Waals surface area contributed by atoms with E-state index >= 15 is 0 Å². The van der Waals surface area contributed by atoms with Crippen molar-refractivity contribution in [1.29, 1.82) is 0 Å². The zero-order chi connectivity index (χ0) is 35.0. The lowest BCUT2D eigenvalue weighted by Crippen LogP contribution is -2.73. The zero-order valence-corrected chi connectivity index (χ0v) is 29.0. The second-order valence-electron chi connectivity index (χ2n) is 10.0. The number of carbonyl (C=O) groups is 4. The first-order chi connectivity index (χ1) is 22.9. The van der Waals surface area contributed by atoms with Gasteiger partial charge < -0.3 is 29.8 Å². The molecule has 3 atom stereocenters. The Labute approximate surface area is 288 Å². The quantitative estimate of drug-likeness (QED) is 0.0322. The lowest BCUT2D eigenvalue weighted by Gasteiger charge is -2.49. The molecule has 1 saturated heterocycles. The van der Waals surface area contributed by atoms with Crippen LogP contribution < -0.4 is 15.4 Å². The molecule has 3 amide bonds. The number of halogens is 1. The Morgan fingerprint density at radius 2 is 1.88 bits per heavy atom. The molecular weight excluding hydrogens is 706 g/mol. The number of ether oxygens (including phenoxy) is 2. The number of aromatic nitrogens is 1. The number of aryl methyl sites for hydroxylation is 1. The van der Waals surface area contributed by atoms with Crippen molar-refractivity contribution in [3.05, 3.63) is 82.9 Å². The van der Waals surface area contributed by atoms with E-state index in [1.54, 1.807) is 43.3 Å². The highest BCUT2D eigenvalue weighted by atomic mass is 35.5. The standard InChI is InChI=1S/C30H30ClN5O9S3/c1-17-5-11-21(12-6-17)48(41,42)47-28-24(34-26(38)23(35-44-4)22-15-46-30(33-22)32-16-37)27(39)36(28)25(18(2)13-31)29(40)45-14-19-7-9-20(43-3)10-8-19/h5-12,15-16,24-25,28H,2,13-14H2,1,3-4H3,(H,34,38)(H,32,33,37)/b35-23-. The van der Waals surface area contributed by atoms with Gasteiger partial charge in [-0.2, -0.15) is 0 Å². The molecule has 48 heavy (non-hydrogen) atoms. The van der Waals surface area contributed by atoms with Crippen molar-refractivity contribution >= 4 is 77.6 Å². The van der Waals surface area contributed by atoms with E-state index in [9.17, 15) is 27.6 Å². The number of methoxy groups -OCH3 is 1. The highest BCUT2D eigenvalue weighted by Gasteiger charge is 2.56. The summed E-state index contributed by atoms with van der Waals surface area (Å²) in [5.74, 6) is -2.33. The smallest absolute Gasteiger partial charge is 0.333 e. The van der Waals surface area contributed by atoms with Crippen LogP contribution in [0.3, 0.4) is 0 Å². The van der Waals surface area contributed by atoms with Crippen LogP contribution in [0.2, 0.25) is 0 Å². The number of nitrogens with zero attached hydrogens (tertiary/aromatic N) is 3. The monoisotopic (exact) mass is 735 g/mol. The zero-order valence-electron chi connectivity index (χ0n) is 25.7. The Kier molecular flexibility index (Phi) is 12.2. The molecule has 0 bridgehead atoms. The first-order valence-corrected chi connectivity index (χ1v) is 18.2. The predicted molar refractivity (Wildman–Crippen MR) is 180 cm³/mol. The summed E-state index contributed by atoms with van der Waals surface area (Å²) >= 11 is 7.08. The molecule has 0 aliphatic carbocycles. The lowest BCUT2D eigenvalue weighted by atomic mass is 9.99. The summed E-state index contributed by atoms with van der Waals surface area (Å²) in [6, 6.07) is 9.81. The number of anilines is 1. The summed E-state index contributed by atoms with van der Waals surface area (Å²) in [5.41, 5.74) is 1.16. The van der Waals surface area contributed by atoms with Crippen LogP contribution in [0.4, 0.5) is 5.13 Å². The number of esters is 1. The fraction of sp³-hybridized carbons (Fsp3) is 0.267. The predicted octanol–water partition coefficient (Wildman–Crippen LogP) is 3.06. The van der Waals surface area contributed by atoms with E-state index in [-0.39, 0.29) is 39.5 Å². The largest absolute Gasteiger partial charge is 0.497 e. The van der Waals surface area contributed by atoms with E-state index in [1.165, 1.54) is 31.7 Å². The molecule has 0 spiro atoms. The van der Waals surface area contributed by atoms with Gasteiger partial charge in [-0.3, -0.25) is 14.4 Å². The fourth-order valence-corrected chi connectivity index (χ4v) is 8.71. The third-order valence-corrected chi connectivity index (χ3v) is 11.7. The number of hydrogen-bond acceptors (Lipinski definition) is 13. The number of amides is 3. The highest BCUT2D eigenvalue weighted by molar-refractivity contribution is 8.72. The Morgan fingerprint density at radius 3 is 2.48 bits per heavy atom. The van der Waals surface area contributed by atoms with Crippen molar-refractivity contribution in [2.45, 2.75) is 35.9 Å². The average molecular weight is 736 g/mol. The molecule has 2 N–H and O–H groups in total. The minimum Gasteiger partial charge on any atom is -0.497 e. The number of rotatable bonds is 16. The number of hydrogen-bond donors (Lipinski definition) is 2. The van der Waals surface area contributed by atoms with Gasteiger partial charge in [0, 0.05) is 22.1 Å². The lowest BCUT2D eigenvalue weighted by molar-refractivity contribution is -0.163. The van der Waals surface area contributed by atoms with Crippen LogP contribution in [0.5, 0.6) is 5.75 Å². The summed E-state index contributed by atoms with van der Waals surface area (Å²) < 4.78 is 37.9. The third-order valence-electron chi connectivity index (χ3n) is 6.83. The summed E-state index contributed by atoms with van der Waals surface area (Å²) in [6.07, 6.45) is 0.404. The minimum absolute atomic E-state index is 0.0133. The maximum Gasteiger partial charge on any atom is 0.333 e. The molecule has 1 aliphatic rings. The summed E-state index contributed by atoms with van der Waals surface area (Å²) in [4.78, 5) is 61.4. The first-order valence-electron chi connectivity index (χ1n) is 13.9. The van der Waals surface area contributed by atoms with Gasteiger partial charge in [-0.25, -0.2) is 18.2 Å². The van der Waals surface area contributed by atoms with Gasteiger partial charge in [0.15, 0.2) is 16.9 Å². The van der Waals surface area contributed by atoms with Gasteiger partial charge in [-0.1, -0.05) is 41.6 Å². The van der Waals surface area contributed by atoms with Gasteiger partial charge in [0.1, 0.15) is 36.6 Å². The number of alkyl halides is 1. The topological polar surface area (TPSA) is 183 Å². The van der Waals surface area contributed by atoms with Crippen molar-refractivity contribution < 1.29 is 41.9 Å². The molecule has 1 aliphatic heterocycles. The molecular formula is C30H30ClN5O9S3. The maximum atomic E-state index is 13.8. The van der Waals surface area contributed by atoms with Gasteiger partial charge in [0.25, 0.3) is 5.91 Å². The summed E-state index contributed by atoms with van der Waals surface area (Å²) in [6.45, 7) is 5.46. The van der Waals surface area contributed by atoms with Crippen LogP contribution in [0.25, 0.3) is 0 Å². The van der Waals surface area contributed by atoms with E-state index in [0.29, 0.717) is 28.5 Å². The molecule has 18 heteroatoms. The fourth-order valence-electron chi connectivity index (χ4n) is 4.40. The van der Waals surface area contributed by atoms with E-state index in [2.05, 4.69) is 27.4 Å². The van der Waals surface area contributed by atoms with Gasteiger partial charge in [0.2, 0.25) is 21.2 Å². The number of likely N-dealkylation sites (tertiary alicyclic amines) is 1.